The van der Waals surface area contributed by atoms with Gasteiger partial charge in [0.05, 0.1) is 11.7 Å². The molecule has 1 amide bonds. The van der Waals surface area contributed by atoms with E-state index in [1.165, 1.54) is 18.4 Å². The van der Waals surface area contributed by atoms with Gasteiger partial charge < -0.3 is 9.73 Å². The van der Waals surface area contributed by atoms with Crippen molar-refractivity contribution in [2.24, 2.45) is 5.41 Å². The van der Waals surface area contributed by atoms with Gasteiger partial charge in [0, 0.05) is 24.1 Å². The molecule has 2 N–H and O–H groups in total. The largest absolute Gasteiger partial charge is 0.444 e. The van der Waals surface area contributed by atoms with Crippen LogP contribution in [0, 0.1) is 11.2 Å². The first-order valence-electron chi connectivity index (χ1n) is 7.17. The van der Waals surface area contributed by atoms with E-state index < -0.39 is 0 Å². The van der Waals surface area contributed by atoms with Gasteiger partial charge in [0.25, 0.3) is 0 Å². The fourth-order valence-electron chi connectivity index (χ4n) is 2.59. The van der Waals surface area contributed by atoms with Crippen LogP contribution >= 0.6 is 0 Å². The standard InChI is InChI=1S/C16H18FN3O2/c1-16(2)9-19-14(21)13(16)18-7-12-8-22-15(20-12)10-4-3-5-11(17)6-10/h3-6,8,13,18H,7,9H2,1-2H3,(H,19,21). The Morgan fingerprint density at radius 2 is 2.32 bits per heavy atom. The molecule has 22 heavy (non-hydrogen) atoms. The molecule has 1 unspecified atom stereocenters. The minimum Gasteiger partial charge on any atom is -0.444 e. The lowest BCUT2D eigenvalue weighted by Gasteiger charge is -2.24. The predicted octanol–water partition coefficient (Wildman–Crippen LogP) is 2.09. The third-order valence-corrected chi connectivity index (χ3v) is 3.87. The average Bonchev–Trinajstić information content (AvgIpc) is 3.03. The van der Waals surface area contributed by atoms with Crippen molar-refractivity contribution in [1.29, 1.82) is 0 Å². The first kappa shape index (κ1) is 14.7. The maximum Gasteiger partial charge on any atom is 0.237 e. The second-order valence-corrected chi connectivity index (χ2v) is 6.17. The van der Waals surface area contributed by atoms with Crippen molar-refractivity contribution in [3.8, 4) is 11.5 Å². The summed E-state index contributed by atoms with van der Waals surface area (Å²) in [6.07, 6.45) is 1.52. The molecule has 0 aliphatic carbocycles. The Hall–Kier alpha value is -2.21. The highest BCUT2D eigenvalue weighted by Crippen LogP contribution is 2.25. The van der Waals surface area contributed by atoms with Gasteiger partial charge in [0.1, 0.15) is 12.1 Å². The average molecular weight is 303 g/mol. The van der Waals surface area contributed by atoms with Gasteiger partial charge in [0.2, 0.25) is 11.8 Å². The summed E-state index contributed by atoms with van der Waals surface area (Å²) >= 11 is 0. The van der Waals surface area contributed by atoms with Gasteiger partial charge in [-0.15, -0.1) is 0 Å². The van der Waals surface area contributed by atoms with Crippen molar-refractivity contribution in [3.05, 3.63) is 42.0 Å². The molecule has 1 aromatic carbocycles. The molecule has 0 spiro atoms. The highest BCUT2D eigenvalue weighted by atomic mass is 19.1. The SMILES string of the molecule is CC1(C)CNC(=O)C1NCc1coc(-c2cccc(F)c2)n1. The molecule has 0 radical (unpaired) electrons. The van der Waals surface area contributed by atoms with E-state index in [1.54, 1.807) is 12.1 Å². The molecule has 3 rings (SSSR count). The van der Waals surface area contributed by atoms with Gasteiger partial charge in [-0.1, -0.05) is 19.9 Å². The maximum atomic E-state index is 13.2. The number of benzene rings is 1. The van der Waals surface area contributed by atoms with E-state index in [-0.39, 0.29) is 23.2 Å². The number of hydrogen-bond acceptors (Lipinski definition) is 4. The summed E-state index contributed by atoms with van der Waals surface area (Å²) in [5, 5.41) is 6.05. The number of aromatic nitrogens is 1. The highest BCUT2D eigenvalue weighted by molar-refractivity contribution is 5.85. The Morgan fingerprint density at radius 1 is 1.50 bits per heavy atom. The number of nitrogens with zero attached hydrogens (tertiary/aromatic N) is 1. The van der Waals surface area contributed by atoms with Crippen molar-refractivity contribution < 1.29 is 13.6 Å². The zero-order valence-electron chi connectivity index (χ0n) is 12.5. The highest BCUT2D eigenvalue weighted by Gasteiger charge is 2.40. The van der Waals surface area contributed by atoms with Gasteiger partial charge in [-0.2, -0.15) is 0 Å². The lowest BCUT2D eigenvalue weighted by atomic mass is 9.87. The smallest absolute Gasteiger partial charge is 0.237 e. The van der Waals surface area contributed by atoms with Crippen molar-refractivity contribution in [1.82, 2.24) is 15.6 Å². The van der Waals surface area contributed by atoms with Crippen molar-refractivity contribution in [2.75, 3.05) is 6.54 Å². The number of rotatable bonds is 4. The zero-order valence-corrected chi connectivity index (χ0v) is 12.5. The molecule has 1 atom stereocenters. The Labute approximate surface area is 127 Å². The number of halogens is 1. The number of nitrogens with one attached hydrogen (secondary N) is 2. The zero-order chi connectivity index (χ0) is 15.7. The van der Waals surface area contributed by atoms with Crippen LogP contribution in [0.2, 0.25) is 0 Å². The molecule has 1 fully saturated rings. The van der Waals surface area contributed by atoms with E-state index in [9.17, 15) is 9.18 Å². The van der Waals surface area contributed by atoms with Gasteiger partial charge >= 0.3 is 0 Å². The third kappa shape index (κ3) is 2.87. The second kappa shape index (κ2) is 5.53. The second-order valence-electron chi connectivity index (χ2n) is 6.17. The van der Waals surface area contributed by atoms with Gasteiger partial charge in [-0.25, -0.2) is 9.37 Å². The van der Waals surface area contributed by atoms with E-state index in [4.69, 9.17) is 4.42 Å². The Bertz CT molecular complexity index is 696. The summed E-state index contributed by atoms with van der Waals surface area (Å²) in [6.45, 7) is 5.13. The molecule has 116 valence electrons. The lowest BCUT2D eigenvalue weighted by Crippen LogP contribution is -2.43. The molecule has 1 aliphatic rings. The van der Waals surface area contributed by atoms with Crippen LogP contribution in [0.4, 0.5) is 4.39 Å². The quantitative estimate of drug-likeness (QED) is 0.907. The fraction of sp³-hybridized carbons (Fsp3) is 0.375. The molecule has 1 aromatic heterocycles. The number of hydrogen-bond donors (Lipinski definition) is 2. The summed E-state index contributed by atoms with van der Waals surface area (Å²) in [5.74, 6) is 0.0324. The third-order valence-electron chi connectivity index (χ3n) is 3.87. The summed E-state index contributed by atoms with van der Waals surface area (Å²) in [7, 11) is 0. The Kier molecular flexibility index (Phi) is 3.70. The van der Waals surface area contributed by atoms with Crippen molar-refractivity contribution in [2.45, 2.75) is 26.4 Å². The van der Waals surface area contributed by atoms with E-state index in [0.717, 1.165) is 0 Å². The lowest BCUT2D eigenvalue weighted by molar-refractivity contribution is -0.121. The molecule has 5 nitrogen and oxygen atoms in total. The van der Waals surface area contributed by atoms with Crippen LogP contribution in [0.15, 0.2) is 34.9 Å². The van der Waals surface area contributed by atoms with Crippen molar-refractivity contribution in [3.63, 3.8) is 0 Å². The molecular weight excluding hydrogens is 285 g/mol. The summed E-state index contributed by atoms with van der Waals surface area (Å²) in [5.41, 5.74) is 1.12. The Balaban J connectivity index is 1.69. The summed E-state index contributed by atoms with van der Waals surface area (Å²) in [4.78, 5) is 16.1. The number of carbonyl (C=O) groups is 1. The molecule has 0 saturated carbocycles. The molecule has 1 saturated heterocycles. The van der Waals surface area contributed by atoms with Crippen LogP contribution < -0.4 is 10.6 Å². The summed E-state index contributed by atoms with van der Waals surface area (Å²) < 4.78 is 18.6. The molecule has 2 aromatic rings. The van der Waals surface area contributed by atoms with Crippen LogP contribution in [-0.4, -0.2) is 23.5 Å². The first-order chi connectivity index (χ1) is 10.5. The van der Waals surface area contributed by atoms with Crippen LogP contribution in [0.1, 0.15) is 19.5 Å². The monoisotopic (exact) mass is 303 g/mol. The molecule has 2 heterocycles. The summed E-state index contributed by atoms with van der Waals surface area (Å²) in [6, 6.07) is 5.83. The van der Waals surface area contributed by atoms with Gasteiger partial charge in [0.15, 0.2) is 0 Å². The fourth-order valence-corrected chi connectivity index (χ4v) is 2.59. The minimum absolute atomic E-state index is 0.00107. The molecule has 6 heteroatoms. The van der Waals surface area contributed by atoms with Crippen molar-refractivity contribution >= 4 is 5.91 Å². The van der Waals surface area contributed by atoms with E-state index in [2.05, 4.69) is 15.6 Å². The van der Waals surface area contributed by atoms with Crippen LogP contribution in [0.25, 0.3) is 11.5 Å². The maximum absolute atomic E-state index is 13.2. The number of carbonyl (C=O) groups excluding carboxylic acids is 1. The van der Waals surface area contributed by atoms with Crippen LogP contribution in [-0.2, 0) is 11.3 Å². The number of amides is 1. The normalized spacial score (nSPS) is 20.1. The van der Waals surface area contributed by atoms with E-state index in [1.807, 2.05) is 13.8 Å². The minimum atomic E-state index is -0.334. The molecule has 0 bridgehead atoms. The molecule has 1 aliphatic heterocycles. The van der Waals surface area contributed by atoms with Crippen LogP contribution in [0.5, 0.6) is 0 Å². The van der Waals surface area contributed by atoms with Gasteiger partial charge in [-0.3, -0.25) is 10.1 Å². The van der Waals surface area contributed by atoms with Crippen LogP contribution in [0.3, 0.4) is 0 Å². The topological polar surface area (TPSA) is 67.2 Å². The van der Waals surface area contributed by atoms with E-state index >= 15 is 0 Å². The van der Waals surface area contributed by atoms with E-state index in [0.29, 0.717) is 30.2 Å². The Morgan fingerprint density at radius 3 is 3.00 bits per heavy atom. The molecular formula is C16H18FN3O2. The first-order valence-corrected chi connectivity index (χ1v) is 7.17. The number of oxazole rings is 1. The van der Waals surface area contributed by atoms with Gasteiger partial charge in [-0.05, 0) is 18.2 Å². The predicted molar refractivity (Wildman–Crippen MR) is 79.3 cm³/mol.